The van der Waals surface area contributed by atoms with E-state index in [0.717, 1.165) is 13.1 Å². The quantitative estimate of drug-likeness (QED) is 0.786. The number of hydrogen-bond acceptors (Lipinski definition) is 3. The summed E-state index contributed by atoms with van der Waals surface area (Å²) in [5, 5.41) is 0. The molecule has 0 unspecified atom stereocenters. The summed E-state index contributed by atoms with van der Waals surface area (Å²) in [6.07, 6.45) is 0. The maximum absolute atomic E-state index is 13.6. The molecule has 1 aliphatic heterocycles. The fraction of sp³-hybridized carbons (Fsp3) is 0.533. The number of rotatable bonds is 3. The SMILES string of the molecule is Cc1ccc(C(=O)C(C)(C)N2CCOCC2)cc1F. The van der Waals surface area contributed by atoms with Crippen LogP contribution in [0.25, 0.3) is 0 Å². The van der Waals surface area contributed by atoms with E-state index in [9.17, 15) is 9.18 Å². The van der Waals surface area contributed by atoms with Crippen molar-refractivity contribution in [2.75, 3.05) is 26.3 Å². The topological polar surface area (TPSA) is 29.5 Å². The smallest absolute Gasteiger partial charge is 0.182 e. The fourth-order valence-electron chi connectivity index (χ4n) is 2.35. The van der Waals surface area contributed by atoms with Gasteiger partial charge in [-0.15, -0.1) is 0 Å². The van der Waals surface area contributed by atoms with Crippen molar-refractivity contribution < 1.29 is 13.9 Å². The van der Waals surface area contributed by atoms with Crippen molar-refractivity contribution in [2.45, 2.75) is 26.3 Å². The Labute approximate surface area is 113 Å². The molecular formula is C15H20FNO2. The molecule has 1 aromatic rings. The van der Waals surface area contributed by atoms with Crippen LogP contribution in [0.2, 0.25) is 0 Å². The van der Waals surface area contributed by atoms with E-state index >= 15 is 0 Å². The van der Waals surface area contributed by atoms with Gasteiger partial charge in [0.05, 0.1) is 18.8 Å². The highest BCUT2D eigenvalue weighted by atomic mass is 19.1. The molecule has 3 nitrogen and oxygen atoms in total. The first kappa shape index (κ1) is 14.2. The Morgan fingerprint density at radius 2 is 1.95 bits per heavy atom. The van der Waals surface area contributed by atoms with Gasteiger partial charge in [-0.1, -0.05) is 12.1 Å². The van der Waals surface area contributed by atoms with Crippen molar-refractivity contribution in [1.29, 1.82) is 0 Å². The highest BCUT2D eigenvalue weighted by molar-refractivity contribution is 6.02. The monoisotopic (exact) mass is 265 g/mol. The summed E-state index contributed by atoms with van der Waals surface area (Å²) in [5.74, 6) is -0.378. The van der Waals surface area contributed by atoms with Crippen LogP contribution in [0.1, 0.15) is 29.8 Å². The number of benzene rings is 1. The number of hydrogen-bond donors (Lipinski definition) is 0. The molecule has 1 aromatic carbocycles. The number of Topliss-reactive ketones (excluding diaryl/α,β-unsaturated/α-hetero) is 1. The lowest BCUT2D eigenvalue weighted by atomic mass is 9.90. The lowest BCUT2D eigenvalue weighted by Gasteiger charge is -2.39. The van der Waals surface area contributed by atoms with Gasteiger partial charge in [0.25, 0.3) is 0 Å². The average molecular weight is 265 g/mol. The minimum atomic E-state index is -0.633. The second-order valence-corrected chi connectivity index (χ2v) is 5.45. The number of aryl methyl sites for hydroxylation is 1. The number of ketones is 1. The Morgan fingerprint density at radius 3 is 2.53 bits per heavy atom. The zero-order valence-corrected chi connectivity index (χ0v) is 11.7. The Morgan fingerprint density at radius 1 is 1.32 bits per heavy atom. The van der Waals surface area contributed by atoms with E-state index < -0.39 is 5.54 Å². The van der Waals surface area contributed by atoms with Gasteiger partial charge in [-0.05, 0) is 32.4 Å². The highest BCUT2D eigenvalue weighted by Gasteiger charge is 2.36. The van der Waals surface area contributed by atoms with Crippen molar-refractivity contribution in [3.63, 3.8) is 0 Å². The van der Waals surface area contributed by atoms with Crippen molar-refractivity contribution in [3.8, 4) is 0 Å². The summed E-state index contributed by atoms with van der Waals surface area (Å²) >= 11 is 0. The molecule has 0 bridgehead atoms. The van der Waals surface area contributed by atoms with E-state index in [-0.39, 0.29) is 11.6 Å². The molecule has 0 N–H and O–H groups in total. The summed E-state index contributed by atoms with van der Waals surface area (Å²) in [6, 6.07) is 4.68. The minimum absolute atomic E-state index is 0.0479. The van der Waals surface area contributed by atoms with Gasteiger partial charge in [0.1, 0.15) is 5.82 Å². The number of morpholine rings is 1. The van der Waals surface area contributed by atoms with Crippen molar-refractivity contribution in [2.24, 2.45) is 0 Å². The molecule has 0 spiro atoms. The predicted octanol–water partition coefficient (Wildman–Crippen LogP) is 2.43. The van der Waals surface area contributed by atoms with Crippen LogP contribution in [-0.2, 0) is 4.74 Å². The van der Waals surface area contributed by atoms with E-state index in [2.05, 4.69) is 4.90 Å². The van der Waals surface area contributed by atoms with Gasteiger partial charge in [-0.25, -0.2) is 4.39 Å². The summed E-state index contributed by atoms with van der Waals surface area (Å²) in [5.41, 5.74) is 0.353. The van der Waals surface area contributed by atoms with Gasteiger partial charge in [-0.3, -0.25) is 9.69 Å². The van der Waals surface area contributed by atoms with Crippen LogP contribution in [0, 0.1) is 12.7 Å². The van der Waals surface area contributed by atoms with Crippen LogP contribution in [0.4, 0.5) is 4.39 Å². The number of ether oxygens (including phenoxy) is 1. The zero-order valence-electron chi connectivity index (χ0n) is 11.7. The Balaban J connectivity index is 2.23. The number of nitrogens with zero attached hydrogens (tertiary/aromatic N) is 1. The van der Waals surface area contributed by atoms with Crippen LogP contribution < -0.4 is 0 Å². The molecule has 0 atom stereocenters. The van der Waals surface area contributed by atoms with Crippen molar-refractivity contribution in [3.05, 3.63) is 35.1 Å². The molecule has 0 aliphatic carbocycles. The molecule has 1 saturated heterocycles. The molecule has 0 radical (unpaired) electrons. The Bertz CT molecular complexity index is 479. The first-order valence-corrected chi connectivity index (χ1v) is 6.56. The first-order chi connectivity index (χ1) is 8.93. The number of halogens is 1. The lowest BCUT2D eigenvalue weighted by molar-refractivity contribution is -0.00431. The zero-order chi connectivity index (χ0) is 14.0. The average Bonchev–Trinajstić information content (AvgIpc) is 2.42. The maximum Gasteiger partial charge on any atom is 0.182 e. The van der Waals surface area contributed by atoms with Gasteiger partial charge in [0, 0.05) is 18.7 Å². The third-order valence-electron chi connectivity index (χ3n) is 3.79. The van der Waals surface area contributed by atoms with Crippen LogP contribution in [0.3, 0.4) is 0 Å². The first-order valence-electron chi connectivity index (χ1n) is 6.56. The maximum atomic E-state index is 13.6. The summed E-state index contributed by atoms with van der Waals surface area (Å²) in [6.45, 7) is 8.20. The summed E-state index contributed by atoms with van der Waals surface area (Å²) < 4.78 is 18.9. The highest BCUT2D eigenvalue weighted by Crippen LogP contribution is 2.22. The van der Waals surface area contributed by atoms with E-state index in [1.807, 2.05) is 13.8 Å². The molecule has 4 heteroatoms. The van der Waals surface area contributed by atoms with Crippen LogP contribution in [0.15, 0.2) is 18.2 Å². The predicted molar refractivity (Wildman–Crippen MR) is 71.9 cm³/mol. The molecule has 1 fully saturated rings. The molecule has 0 amide bonds. The lowest BCUT2D eigenvalue weighted by Crippen LogP contribution is -2.54. The summed E-state index contributed by atoms with van der Waals surface area (Å²) in [7, 11) is 0. The standard InChI is InChI=1S/C15H20FNO2/c1-11-4-5-12(10-13(11)16)14(18)15(2,3)17-6-8-19-9-7-17/h4-5,10H,6-9H2,1-3H3. The van der Waals surface area contributed by atoms with Crippen LogP contribution in [0.5, 0.6) is 0 Å². The summed E-state index contributed by atoms with van der Waals surface area (Å²) in [4.78, 5) is 14.7. The molecule has 1 aliphatic rings. The molecular weight excluding hydrogens is 245 g/mol. The van der Waals surface area contributed by atoms with Gasteiger partial charge >= 0.3 is 0 Å². The molecule has 19 heavy (non-hydrogen) atoms. The normalized spacial score (nSPS) is 17.5. The van der Waals surface area contributed by atoms with E-state index in [1.54, 1.807) is 19.1 Å². The van der Waals surface area contributed by atoms with Crippen molar-refractivity contribution in [1.82, 2.24) is 4.90 Å². The Hall–Kier alpha value is -1.26. The molecule has 104 valence electrons. The third kappa shape index (κ3) is 2.85. The van der Waals surface area contributed by atoms with E-state index in [4.69, 9.17) is 4.74 Å². The molecule has 0 aromatic heterocycles. The number of carbonyl (C=O) groups excluding carboxylic acids is 1. The minimum Gasteiger partial charge on any atom is -0.379 e. The molecule has 2 rings (SSSR count). The van der Waals surface area contributed by atoms with Crippen molar-refractivity contribution >= 4 is 5.78 Å². The third-order valence-corrected chi connectivity index (χ3v) is 3.79. The van der Waals surface area contributed by atoms with E-state index in [1.165, 1.54) is 6.07 Å². The second kappa shape index (κ2) is 5.39. The molecule has 0 saturated carbocycles. The largest absolute Gasteiger partial charge is 0.379 e. The van der Waals surface area contributed by atoms with Gasteiger partial charge < -0.3 is 4.74 Å². The fourth-order valence-corrected chi connectivity index (χ4v) is 2.35. The van der Waals surface area contributed by atoms with Gasteiger partial charge in [0.15, 0.2) is 5.78 Å². The van der Waals surface area contributed by atoms with Crippen LogP contribution >= 0.6 is 0 Å². The Kier molecular flexibility index (Phi) is 4.02. The second-order valence-electron chi connectivity index (χ2n) is 5.45. The molecule has 1 heterocycles. The van der Waals surface area contributed by atoms with Crippen LogP contribution in [-0.4, -0.2) is 42.5 Å². The van der Waals surface area contributed by atoms with Gasteiger partial charge in [0.2, 0.25) is 0 Å². The van der Waals surface area contributed by atoms with E-state index in [0.29, 0.717) is 24.3 Å². The number of carbonyl (C=O) groups is 1. The van der Waals surface area contributed by atoms with Gasteiger partial charge in [-0.2, -0.15) is 0 Å².